The number of nitrogens with zero attached hydrogens (tertiary/aromatic N) is 3. The van der Waals surface area contributed by atoms with Crippen molar-refractivity contribution in [2.75, 3.05) is 12.3 Å². The first-order valence-electron chi connectivity index (χ1n) is 12.2. The Labute approximate surface area is 250 Å². The Hall–Kier alpha value is -2.58. The van der Waals surface area contributed by atoms with Gasteiger partial charge in [0.1, 0.15) is 30.0 Å². The zero-order chi connectivity index (χ0) is 28.4. The molecule has 208 valence electrons. The Kier molecular flexibility index (Phi) is 8.76. The highest BCUT2D eigenvalue weighted by atomic mass is 35.5. The molecule has 2 aromatic carbocycles. The average molecular weight is 622 g/mol. The summed E-state index contributed by atoms with van der Waals surface area (Å²) in [6.07, 6.45) is 0.358. The topological polar surface area (TPSA) is 105 Å². The largest absolute Gasteiger partial charge is 0.383 e. The van der Waals surface area contributed by atoms with E-state index in [9.17, 15) is 5.11 Å². The Morgan fingerprint density at radius 1 is 1.02 bits per heavy atom. The van der Waals surface area contributed by atoms with Crippen molar-refractivity contribution >= 4 is 63.3 Å². The van der Waals surface area contributed by atoms with Gasteiger partial charge in [-0.25, -0.2) is 9.97 Å². The molecule has 40 heavy (non-hydrogen) atoms. The lowest BCUT2D eigenvalue weighted by Gasteiger charge is -2.30. The summed E-state index contributed by atoms with van der Waals surface area (Å²) in [5.74, 6) is 6.04. The van der Waals surface area contributed by atoms with Crippen molar-refractivity contribution in [1.82, 2.24) is 14.5 Å². The van der Waals surface area contributed by atoms with E-state index in [1.54, 1.807) is 60.2 Å². The molecule has 0 aliphatic carbocycles. The van der Waals surface area contributed by atoms with Crippen molar-refractivity contribution in [3.63, 3.8) is 0 Å². The van der Waals surface area contributed by atoms with Gasteiger partial charge in [0, 0.05) is 26.3 Å². The van der Waals surface area contributed by atoms with Gasteiger partial charge in [-0.3, -0.25) is 0 Å². The number of hydrogen-bond donors (Lipinski definition) is 2. The van der Waals surface area contributed by atoms with Crippen LogP contribution in [0.15, 0.2) is 55.0 Å². The third-order valence-electron chi connectivity index (χ3n) is 6.56. The molecule has 5 rings (SSSR count). The van der Waals surface area contributed by atoms with Crippen LogP contribution in [0.2, 0.25) is 20.1 Å². The van der Waals surface area contributed by atoms with E-state index in [-0.39, 0.29) is 19.8 Å². The number of nitrogen functional groups attached to an aromatic ring is 1. The molecule has 0 saturated carbocycles. The summed E-state index contributed by atoms with van der Waals surface area (Å²) >= 11 is 24.8. The number of hydrogen-bond acceptors (Lipinski definition) is 7. The third kappa shape index (κ3) is 5.75. The molecule has 3 heterocycles. The van der Waals surface area contributed by atoms with Crippen LogP contribution in [0.3, 0.4) is 0 Å². The minimum atomic E-state index is -1.80. The van der Waals surface area contributed by atoms with Crippen LogP contribution in [0.5, 0.6) is 0 Å². The first-order valence-corrected chi connectivity index (χ1v) is 13.7. The van der Waals surface area contributed by atoms with Gasteiger partial charge in [-0.2, -0.15) is 0 Å². The van der Waals surface area contributed by atoms with Crippen LogP contribution in [0, 0.1) is 11.8 Å². The van der Waals surface area contributed by atoms with Crippen molar-refractivity contribution < 1.29 is 19.3 Å². The van der Waals surface area contributed by atoms with Gasteiger partial charge in [-0.15, -0.1) is 5.92 Å². The molecular weight excluding hydrogens is 598 g/mol. The summed E-state index contributed by atoms with van der Waals surface area (Å²) in [6.45, 7) is 1.93. The van der Waals surface area contributed by atoms with Crippen molar-refractivity contribution in [2.24, 2.45) is 0 Å². The maximum atomic E-state index is 12.1. The minimum Gasteiger partial charge on any atom is -0.383 e. The minimum absolute atomic E-state index is 0.0541. The second-order valence-corrected chi connectivity index (χ2v) is 10.9. The van der Waals surface area contributed by atoms with Crippen LogP contribution >= 0.6 is 46.4 Å². The maximum absolute atomic E-state index is 12.1. The van der Waals surface area contributed by atoms with Gasteiger partial charge in [0.05, 0.1) is 25.2 Å². The Morgan fingerprint density at radius 3 is 2.35 bits per heavy atom. The quantitative estimate of drug-likeness (QED) is 0.230. The van der Waals surface area contributed by atoms with E-state index in [1.807, 2.05) is 0 Å². The zero-order valence-electron chi connectivity index (χ0n) is 21.2. The van der Waals surface area contributed by atoms with E-state index < -0.39 is 24.0 Å². The summed E-state index contributed by atoms with van der Waals surface area (Å²) < 4.78 is 20.4. The fourth-order valence-corrected chi connectivity index (χ4v) is 5.58. The fourth-order valence-electron chi connectivity index (χ4n) is 4.66. The lowest BCUT2D eigenvalue weighted by Crippen LogP contribution is -2.47. The molecule has 0 radical (unpaired) electrons. The van der Waals surface area contributed by atoms with Gasteiger partial charge < -0.3 is 29.6 Å². The molecule has 1 aliphatic rings. The van der Waals surface area contributed by atoms with Crippen molar-refractivity contribution in [3.05, 3.63) is 86.2 Å². The molecule has 3 N–H and O–H groups in total. The highest BCUT2D eigenvalue weighted by molar-refractivity contribution is 6.35. The lowest BCUT2D eigenvalue weighted by atomic mass is 9.94. The van der Waals surface area contributed by atoms with Gasteiger partial charge in [0.25, 0.3) is 0 Å². The van der Waals surface area contributed by atoms with Crippen LogP contribution in [0.25, 0.3) is 11.0 Å². The predicted molar refractivity (Wildman–Crippen MR) is 155 cm³/mol. The number of aromatic nitrogens is 3. The summed E-state index contributed by atoms with van der Waals surface area (Å²) in [4.78, 5) is 8.40. The predicted octanol–water partition coefficient (Wildman–Crippen LogP) is 6.08. The second kappa shape index (κ2) is 12.1. The second-order valence-electron chi connectivity index (χ2n) is 9.16. The van der Waals surface area contributed by atoms with Crippen LogP contribution in [0.4, 0.5) is 5.82 Å². The van der Waals surface area contributed by atoms with E-state index in [1.165, 1.54) is 6.33 Å². The molecule has 0 amide bonds. The van der Waals surface area contributed by atoms with Gasteiger partial charge in [0.15, 0.2) is 11.8 Å². The van der Waals surface area contributed by atoms with Crippen molar-refractivity contribution in [2.45, 2.75) is 44.2 Å². The number of fused-ring (bicyclic) bond motifs is 1. The van der Waals surface area contributed by atoms with Crippen LogP contribution in [0.1, 0.15) is 24.3 Å². The number of anilines is 1. The Balaban J connectivity index is 1.47. The van der Waals surface area contributed by atoms with E-state index in [2.05, 4.69) is 21.8 Å². The molecule has 12 heteroatoms. The normalized spacial score (nSPS) is 22.4. The van der Waals surface area contributed by atoms with Gasteiger partial charge in [-0.05, 0) is 48.4 Å². The summed E-state index contributed by atoms with van der Waals surface area (Å²) in [5, 5.41) is 14.6. The zero-order valence-corrected chi connectivity index (χ0v) is 24.2. The summed E-state index contributed by atoms with van der Waals surface area (Å²) in [7, 11) is 0. The molecule has 4 aromatic rings. The highest BCUT2D eigenvalue weighted by Crippen LogP contribution is 2.42. The number of aliphatic hydroxyl groups is 1. The molecule has 0 spiro atoms. The molecule has 0 unspecified atom stereocenters. The fraction of sp³-hybridized carbons (Fsp3) is 0.286. The van der Waals surface area contributed by atoms with Gasteiger partial charge >= 0.3 is 0 Å². The lowest BCUT2D eigenvalue weighted by molar-refractivity contribution is -0.0898. The van der Waals surface area contributed by atoms with E-state index in [0.29, 0.717) is 42.5 Å². The van der Waals surface area contributed by atoms with Gasteiger partial charge in [-0.1, -0.05) is 64.5 Å². The van der Waals surface area contributed by atoms with E-state index in [0.717, 1.165) is 5.56 Å². The third-order valence-corrected chi connectivity index (χ3v) is 7.73. The molecule has 4 atom stereocenters. The van der Waals surface area contributed by atoms with Gasteiger partial charge in [0.2, 0.25) is 0 Å². The van der Waals surface area contributed by atoms with E-state index in [4.69, 9.17) is 66.3 Å². The number of ether oxygens (including phenoxy) is 3. The first kappa shape index (κ1) is 28.9. The number of halogens is 4. The number of benzene rings is 2. The van der Waals surface area contributed by atoms with Crippen molar-refractivity contribution in [3.8, 4) is 11.8 Å². The Morgan fingerprint density at radius 2 is 1.70 bits per heavy atom. The van der Waals surface area contributed by atoms with Crippen LogP contribution in [-0.2, 0) is 27.4 Å². The van der Waals surface area contributed by atoms with Crippen LogP contribution < -0.4 is 5.73 Å². The monoisotopic (exact) mass is 620 g/mol. The standard InChI is InChI=1S/C28H24Cl4N4O4/c1-2-8-28(37)24(39-13-17-4-6-19(30)11-22(17)32)23(14-38-12-16-3-5-18(29)10-21(16)31)40-27(28)36-9-7-20-25(33)34-15-35-26(20)36/h3-7,9-11,15,23-24,27,37H,12-14H2,1H3,(H2,33,34,35)/t23-,24-,27-,28-/m1/s1. The van der Waals surface area contributed by atoms with Crippen LogP contribution in [-0.4, -0.2) is 44.1 Å². The average Bonchev–Trinajstić information content (AvgIpc) is 3.44. The Bertz CT molecular complexity index is 1600. The first-order chi connectivity index (χ1) is 19.2. The molecule has 1 fully saturated rings. The molecule has 0 bridgehead atoms. The molecule has 2 aromatic heterocycles. The number of nitrogens with two attached hydrogens (primary N) is 1. The smallest absolute Gasteiger partial charge is 0.199 e. The maximum Gasteiger partial charge on any atom is 0.199 e. The van der Waals surface area contributed by atoms with E-state index >= 15 is 0 Å². The SMILES string of the molecule is CC#C[C@@]1(O)[C@H](OCc2ccc(Cl)cc2Cl)[C@@H](COCc2ccc(Cl)cc2Cl)O[C@H]1n1ccc2c(N)ncnc21. The molecule has 1 saturated heterocycles. The summed E-state index contributed by atoms with van der Waals surface area (Å²) in [5.41, 5.74) is 6.15. The molecule has 1 aliphatic heterocycles. The highest BCUT2D eigenvalue weighted by Gasteiger charge is 2.57. The van der Waals surface area contributed by atoms with Crippen molar-refractivity contribution in [1.29, 1.82) is 0 Å². The molecule has 8 nitrogen and oxygen atoms in total. The number of rotatable bonds is 8. The summed E-state index contributed by atoms with van der Waals surface area (Å²) in [6, 6.07) is 12.0. The molecular formula is C28H24Cl4N4O4.